The first-order valence-corrected chi connectivity index (χ1v) is 8.02. The highest BCUT2D eigenvalue weighted by molar-refractivity contribution is 6.09. The highest BCUT2D eigenvalue weighted by atomic mass is 16.3. The second-order valence-corrected chi connectivity index (χ2v) is 6.00. The summed E-state index contributed by atoms with van der Waals surface area (Å²) >= 11 is 0. The van der Waals surface area contributed by atoms with Crippen LogP contribution in [0.4, 0.5) is 5.69 Å². The largest absolute Gasteiger partial charge is 0.392 e. The average molecular weight is 324 g/mol. The molecule has 1 amide bonds. The molecule has 3 rings (SSSR count). The summed E-state index contributed by atoms with van der Waals surface area (Å²) < 4.78 is 0. The fourth-order valence-electron chi connectivity index (χ4n) is 2.82. The molecule has 0 aliphatic carbocycles. The Morgan fingerprint density at radius 1 is 1.04 bits per heavy atom. The normalized spacial score (nSPS) is 17.6. The second-order valence-electron chi connectivity index (χ2n) is 6.00. The van der Waals surface area contributed by atoms with Crippen molar-refractivity contribution in [3.8, 4) is 0 Å². The van der Waals surface area contributed by atoms with E-state index >= 15 is 0 Å². The number of anilines is 1. The number of rotatable bonds is 5. The third-order valence-corrected chi connectivity index (χ3v) is 4.08. The van der Waals surface area contributed by atoms with Crippen molar-refractivity contribution in [2.24, 2.45) is 0 Å². The van der Waals surface area contributed by atoms with E-state index in [0.29, 0.717) is 29.8 Å². The van der Waals surface area contributed by atoms with Crippen molar-refractivity contribution >= 4 is 17.4 Å². The molecule has 124 valence electrons. The fourth-order valence-corrected chi connectivity index (χ4v) is 2.82. The molecule has 2 aromatic carbocycles. The van der Waals surface area contributed by atoms with E-state index in [9.17, 15) is 14.7 Å². The zero-order valence-electron chi connectivity index (χ0n) is 13.3. The Morgan fingerprint density at radius 3 is 2.33 bits per heavy atom. The SMILES string of the molecule is O=C(CN1CCC(O)C1)Nc1ccc(C(=O)c2ccccc2)cc1. The molecular weight excluding hydrogens is 304 g/mol. The van der Waals surface area contributed by atoms with Crippen LogP contribution < -0.4 is 5.32 Å². The van der Waals surface area contributed by atoms with Gasteiger partial charge in [0.25, 0.3) is 0 Å². The number of amides is 1. The lowest BCUT2D eigenvalue weighted by molar-refractivity contribution is -0.117. The third-order valence-electron chi connectivity index (χ3n) is 4.08. The van der Waals surface area contributed by atoms with Crippen molar-refractivity contribution < 1.29 is 14.7 Å². The van der Waals surface area contributed by atoms with Crippen LogP contribution in [0.15, 0.2) is 54.6 Å². The lowest BCUT2D eigenvalue weighted by atomic mass is 10.0. The smallest absolute Gasteiger partial charge is 0.238 e. The molecule has 0 radical (unpaired) electrons. The van der Waals surface area contributed by atoms with Crippen molar-refractivity contribution in [1.29, 1.82) is 0 Å². The minimum atomic E-state index is -0.332. The standard InChI is InChI=1S/C19H20N2O3/c22-17-10-11-21(12-17)13-18(23)20-16-8-6-15(7-9-16)19(24)14-4-2-1-3-5-14/h1-9,17,22H,10-13H2,(H,20,23). The molecule has 0 bridgehead atoms. The van der Waals surface area contributed by atoms with E-state index in [1.165, 1.54) is 0 Å². The van der Waals surface area contributed by atoms with Crippen LogP contribution in [0.2, 0.25) is 0 Å². The Labute approximate surface area is 140 Å². The Balaban J connectivity index is 1.58. The number of hydrogen-bond acceptors (Lipinski definition) is 4. The monoisotopic (exact) mass is 324 g/mol. The second kappa shape index (κ2) is 7.38. The summed E-state index contributed by atoms with van der Waals surface area (Å²) in [5.74, 6) is -0.161. The molecule has 1 aliphatic rings. The van der Waals surface area contributed by atoms with Crippen LogP contribution in [-0.2, 0) is 4.79 Å². The van der Waals surface area contributed by atoms with E-state index in [4.69, 9.17) is 0 Å². The number of carbonyl (C=O) groups excluding carboxylic acids is 2. The molecule has 2 aromatic rings. The van der Waals surface area contributed by atoms with Crippen LogP contribution in [-0.4, -0.2) is 47.4 Å². The Morgan fingerprint density at radius 2 is 1.71 bits per heavy atom. The summed E-state index contributed by atoms with van der Waals surface area (Å²) in [6, 6.07) is 16.0. The van der Waals surface area contributed by atoms with Gasteiger partial charge in [0.1, 0.15) is 0 Å². The molecule has 0 saturated carbocycles. The van der Waals surface area contributed by atoms with Crippen molar-refractivity contribution in [1.82, 2.24) is 4.90 Å². The van der Waals surface area contributed by atoms with Gasteiger partial charge in [-0.15, -0.1) is 0 Å². The Hall–Kier alpha value is -2.50. The number of nitrogens with one attached hydrogen (secondary N) is 1. The van der Waals surface area contributed by atoms with Crippen LogP contribution in [0, 0.1) is 0 Å². The maximum absolute atomic E-state index is 12.3. The van der Waals surface area contributed by atoms with E-state index < -0.39 is 0 Å². The summed E-state index contributed by atoms with van der Waals surface area (Å²) in [5.41, 5.74) is 1.88. The zero-order valence-corrected chi connectivity index (χ0v) is 13.3. The van der Waals surface area contributed by atoms with Crippen molar-refractivity contribution in [2.75, 3.05) is 25.0 Å². The minimum Gasteiger partial charge on any atom is -0.392 e. The van der Waals surface area contributed by atoms with E-state index in [0.717, 1.165) is 6.54 Å². The summed E-state index contributed by atoms with van der Waals surface area (Å²) in [4.78, 5) is 26.3. The van der Waals surface area contributed by atoms with Crippen LogP contribution in [0.1, 0.15) is 22.3 Å². The summed E-state index contributed by atoms with van der Waals surface area (Å²) in [6.45, 7) is 1.54. The molecule has 24 heavy (non-hydrogen) atoms. The number of likely N-dealkylation sites (tertiary alicyclic amines) is 1. The number of β-amino-alcohol motifs (C(OH)–C–C–N with tert-alkyl or cyclic N) is 1. The molecule has 0 aromatic heterocycles. The highest BCUT2D eigenvalue weighted by Crippen LogP contribution is 2.14. The molecule has 1 saturated heterocycles. The summed E-state index contributed by atoms with van der Waals surface area (Å²) in [7, 11) is 0. The van der Waals surface area contributed by atoms with Gasteiger partial charge in [-0.1, -0.05) is 30.3 Å². The number of benzene rings is 2. The Kier molecular flexibility index (Phi) is 5.03. The van der Waals surface area contributed by atoms with E-state index in [1.54, 1.807) is 36.4 Å². The quantitative estimate of drug-likeness (QED) is 0.825. The molecule has 1 fully saturated rings. The first-order chi connectivity index (χ1) is 11.6. The van der Waals surface area contributed by atoms with Gasteiger partial charge in [-0.25, -0.2) is 0 Å². The maximum atomic E-state index is 12.3. The first-order valence-electron chi connectivity index (χ1n) is 8.02. The summed E-state index contributed by atoms with van der Waals surface area (Å²) in [5, 5.41) is 12.3. The van der Waals surface area contributed by atoms with Gasteiger partial charge in [0.2, 0.25) is 5.91 Å². The first kappa shape index (κ1) is 16.4. The number of aliphatic hydroxyl groups is 1. The molecule has 1 unspecified atom stereocenters. The minimum absolute atomic E-state index is 0.0421. The van der Waals surface area contributed by atoms with Crippen LogP contribution in [0.5, 0.6) is 0 Å². The lowest BCUT2D eigenvalue weighted by Crippen LogP contribution is -2.32. The number of nitrogens with zero attached hydrogens (tertiary/aromatic N) is 1. The van der Waals surface area contributed by atoms with Crippen LogP contribution >= 0.6 is 0 Å². The predicted molar refractivity (Wildman–Crippen MR) is 92.0 cm³/mol. The number of carbonyl (C=O) groups is 2. The van der Waals surface area contributed by atoms with Gasteiger partial charge in [-0.3, -0.25) is 14.5 Å². The molecule has 5 heteroatoms. The van der Waals surface area contributed by atoms with Crippen molar-refractivity contribution in [2.45, 2.75) is 12.5 Å². The lowest BCUT2D eigenvalue weighted by Gasteiger charge is -2.14. The van der Waals surface area contributed by atoms with E-state index in [2.05, 4.69) is 5.32 Å². The number of hydrogen-bond donors (Lipinski definition) is 2. The maximum Gasteiger partial charge on any atom is 0.238 e. The van der Waals surface area contributed by atoms with E-state index in [-0.39, 0.29) is 24.3 Å². The van der Waals surface area contributed by atoms with Gasteiger partial charge >= 0.3 is 0 Å². The topological polar surface area (TPSA) is 69.6 Å². The molecule has 0 spiro atoms. The molecule has 1 heterocycles. The molecule has 1 atom stereocenters. The van der Waals surface area contributed by atoms with Crippen molar-refractivity contribution in [3.63, 3.8) is 0 Å². The average Bonchev–Trinajstić information content (AvgIpc) is 3.00. The van der Waals surface area contributed by atoms with Crippen LogP contribution in [0.3, 0.4) is 0 Å². The number of aliphatic hydroxyl groups excluding tert-OH is 1. The number of ketones is 1. The molecule has 5 nitrogen and oxygen atoms in total. The van der Waals surface area contributed by atoms with Gasteiger partial charge in [-0.05, 0) is 30.7 Å². The van der Waals surface area contributed by atoms with Gasteiger partial charge in [0.15, 0.2) is 5.78 Å². The van der Waals surface area contributed by atoms with Gasteiger partial charge in [-0.2, -0.15) is 0 Å². The summed E-state index contributed by atoms with van der Waals surface area (Å²) in [6.07, 6.45) is 0.380. The molecule has 1 aliphatic heterocycles. The predicted octanol–water partition coefficient (Wildman–Crippen LogP) is 1.92. The van der Waals surface area contributed by atoms with E-state index in [1.807, 2.05) is 23.1 Å². The van der Waals surface area contributed by atoms with Crippen LogP contribution in [0.25, 0.3) is 0 Å². The van der Waals surface area contributed by atoms with Gasteiger partial charge in [0.05, 0.1) is 12.6 Å². The Bertz CT molecular complexity index is 713. The van der Waals surface area contributed by atoms with Gasteiger partial charge < -0.3 is 10.4 Å². The molecular formula is C19H20N2O3. The highest BCUT2D eigenvalue weighted by Gasteiger charge is 2.21. The fraction of sp³-hybridized carbons (Fsp3) is 0.263. The van der Waals surface area contributed by atoms with Crippen molar-refractivity contribution in [3.05, 3.63) is 65.7 Å². The molecule has 2 N–H and O–H groups in total. The van der Waals surface area contributed by atoms with Gasteiger partial charge in [0, 0.05) is 29.9 Å². The zero-order chi connectivity index (χ0) is 16.9. The third kappa shape index (κ3) is 4.07.